The van der Waals surface area contributed by atoms with Gasteiger partial charge in [-0.3, -0.25) is 9.36 Å². The molecule has 10 heteroatoms. The molecular weight excluding hydrogens is 470 g/mol. The van der Waals surface area contributed by atoms with Crippen LogP contribution in [0.15, 0.2) is 55.8 Å². The fourth-order valence-electron chi connectivity index (χ4n) is 3.92. The van der Waals surface area contributed by atoms with E-state index in [1.54, 1.807) is 51.3 Å². The number of ether oxygens (including phenoxy) is 3. The van der Waals surface area contributed by atoms with Gasteiger partial charge in [-0.2, -0.15) is 0 Å². The number of hydrogen-bond donors (Lipinski definition) is 0. The average molecular weight is 498 g/mol. The first-order valence-electron chi connectivity index (χ1n) is 11.0. The summed E-state index contributed by atoms with van der Waals surface area (Å²) < 4.78 is 23.9. The van der Waals surface area contributed by atoms with E-state index < -0.39 is 12.0 Å². The fourth-order valence-corrected chi connectivity index (χ4v) is 4.95. The molecule has 0 spiro atoms. The van der Waals surface area contributed by atoms with Crippen LogP contribution in [0.4, 0.5) is 5.88 Å². The molecule has 0 bridgehead atoms. The minimum absolute atomic E-state index is 0.200. The number of methoxy groups -OCH3 is 2. The van der Waals surface area contributed by atoms with Crippen molar-refractivity contribution < 1.29 is 23.4 Å². The largest absolute Gasteiger partial charge is 0.493 e. The molecule has 35 heavy (non-hydrogen) atoms. The maximum atomic E-state index is 13.7. The maximum absolute atomic E-state index is 13.7. The van der Waals surface area contributed by atoms with E-state index in [-0.39, 0.29) is 12.2 Å². The van der Waals surface area contributed by atoms with Crippen LogP contribution in [-0.2, 0) is 9.53 Å². The molecule has 0 amide bonds. The molecule has 4 rings (SSSR count). The number of aromatic nitrogens is 1. The zero-order chi connectivity index (χ0) is 25.3. The lowest BCUT2D eigenvalue weighted by Gasteiger charge is -2.25. The van der Waals surface area contributed by atoms with Gasteiger partial charge >= 0.3 is 5.97 Å². The summed E-state index contributed by atoms with van der Waals surface area (Å²) in [6, 6.07) is 8.19. The molecule has 9 nitrogen and oxygen atoms in total. The first kappa shape index (κ1) is 24.3. The highest BCUT2D eigenvalue weighted by Crippen LogP contribution is 2.36. The summed E-state index contributed by atoms with van der Waals surface area (Å²) >= 11 is 1.23. The summed E-state index contributed by atoms with van der Waals surface area (Å²) in [7, 11) is 6.83. The van der Waals surface area contributed by atoms with Gasteiger partial charge in [0, 0.05) is 26.2 Å². The summed E-state index contributed by atoms with van der Waals surface area (Å²) in [4.78, 5) is 33.6. The quantitative estimate of drug-likeness (QED) is 0.463. The number of thiazole rings is 1. The second kappa shape index (κ2) is 9.83. The first-order valence-corrected chi connectivity index (χ1v) is 11.8. The van der Waals surface area contributed by atoms with Gasteiger partial charge in [-0.25, -0.2) is 9.79 Å². The second-order valence-corrected chi connectivity index (χ2v) is 9.00. The van der Waals surface area contributed by atoms with E-state index in [0.717, 1.165) is 0 Å². The molecule has 1 unspecified atom stereocenters. The van der Waals surface area contributed by atoms with E-state index in [2.05, 4.69) is 4.99 Å². The van der Waals surface area contributed by atoms with Crippen molar-refractivity contribution in [3.63, 3.8) is 0 Å². The van der Waals surface area contributed by atoms with Crippen LogP contribution in [0.3, 0.4) is 0 Å². The van der Waals surface area contributed by atoms with Crippen molar-refractivity contribution in [2.24, 2.45) is 4.99 Å². The predicted molar refractivity (Wildman–Crippen MR) is 133 cm³/mol. The molecule has 1 aromatic carbocycles. The van der Waals surface area contributed by atoms with Crippen LogP contribution in [0.25, 0.3) is 6.08 Å². The Morgan fingerprint density at radius 3 is 2.57 bits per heavy atom. The Kier molecular flexibility index (Phi) is 6.83. The summed E-state index contributed by atoms with van der Waals surface area (Å²) in [5, 5.41) is 0. The van der Waals surface area contributed by atoms with Crippen molar-refractivity contribution in [3.05, 3.63) is 72.6 Å². The molecule has 2 aromatic heterocycles. The van der Waals surface area contributed by atoms with E-state index in [4.69, 9.17) is 18.6 Å². The first-order chi connectivity index (χ1) is 16.8. The molecule has 1 atom stereocenters. The monoisotopic (exact) mass is 497 g/mol. The molecular formula is C25H27N3O6S. The normalized spacial score (nSPS) is 15.5. The van der Waals surface area contributed by atoms with E-state index >= 15 is 0 Å². The van der Waals surface area contributed by atoms with Crippen LogP contribution < -0.4 is 29.3 Å². The van der Waals surface area contributed by atoms with Gasteiger partial charge < -0.3 is 23.5 Å². The van der Waals surface area contributed by atoms with Crippen LogP contribution in [0.1, 0.15) is 31.2 Å². The number of nitrogens with zero attached hydrogens (tertiary/aromatic N) is 3. The number of fused-ring (bicyclic) bond motifs is 1. The van der Waals surface area contributed by atoms with Gasteiger partial charge in [0.15, 0.2) is 22.2 Å². The van der Waals surface area contributed by atoms with Gasteiger partial charge in [-0.15, -0.1) is 0 Å². The molecule has 0 saturated heterocycles. The van der Waals surface area contributed by atoms with Crippen LogP contribution in [0, 0.1) is 0 Å². The SMILES string of the molecule is CCOC(=O)C1=C(C)N=c2s/c(=C/c3ccc(N(C)C)o3)c(=O)n2C1c1ccc(OC)c(OC)c1. The van der Waals surface area contributed by atoms with Gasteiger partial charge in [0.25, 0.3) is 5.56 Å². The summed E-state index contributed by atoms with van der Waals surface area (Å²) in [6.45, 7) is 3.68. The lowest BCUT2D eigenvalue weighted by molar-refractivity contribution is -0.139. The molecule has 1 aliphatic rings. The van der Waals surface area contributed by atoms with Crippen LogP contribution >= 0.6 is 11.3 Å². The Morgan fingerprint density at radius 1 is 1.20 bits per heavy atom. The average Bonchev–Trinajstić information content (AvgIpc) is 3.42. The lowest BCUT2D eigenvalue weighted by atomic mass is 9.95. The van der Waals surface area contributed by atoms with Gasteiger partial charge in [0.1, 0.15) is 5.76 Å². The van der Waals surface area contributed by atoms with Gasteiger partial charge in [-0.1, -0.05) is 17.4 Å². The van der Waals surface area contributed by atoms with Crippen molar-refractivity contribution in [2.45, 2.75) is 19.9 Å². The molecule has 0 radical (unpaired) electrons. The van der Waals surface area contributed by atoms with Crippen LogP contribution in [0.5, 0.6) is 11.5 Å². The third-order valence-electron chi connectivity index (χ3n) is 5.57. The number of furan rings is 1. The molecule has 1 aliphatic heterocycles. The highest BCUT2D eigenvalue weighted by atomic mass is 32.1. The van der Waals surface area contributed by atoms with Crippen LogP contribution in [0.2, 0.25) is 0 Å². The van der Waals surface area contributed by atoms with Crippen molar-refractivity contribution in [1.82, 2.24) is 4.57 Å². The molecule has 184 valence electrons. The zero-order valence-electron chi connectivity index (χ0n) is 20.4. The van der Waals surface area contributed by atoms with E-state index in [1.165, 1.54) is 23.0 Å². The van der Waals surface area contributed by atoms with Crippen molar-refractivity contribution >= 4 is 29.3 Å². The third kappa shape index (κ3) is 4.49. The fraction of sp³-hybridized carbons (Fsp3) is 0.320. The number of rotatable bonds is 7. The Morgan fingerprint density at radius 2 is 1.94 bits per heavy atom. The predicted octanol–water partition coefficient (Wildman–Crippen LogP) is 2.47. The minimum Gasteiger partial charge on any atom is -0.493 e. The van der Waals surface area contributed by atoms with Crippen molar-refractivity contribution in [1.29, 1.82) is 0 Å². The Hall–Kier alpha value is -3.79. The van der Waals surface area contributed by atoms with E-state index in [1.807, 2.05) is 25.1 Å². The highest BCUT2D eigenvalue weighted by molar-refractivity contribution is 7.07. The minimum atomic E-state index is -0.749. The standard InChI is InChI=1S/C25H27N3O6S/c1-7-33-24(30)21-14(2)26-25-28(22(21)15-8-10-17(31-5)18(12-15)32-6)23(29)19(35-25)13-16-9-11-20(34-16)27(3)4/h8-13,22H,7H2,1-6H3/b19-13+. The zero-order valence-corrected chi connectivity index (χ0v) is 21.3. The maximum Gasteiger partial charge on any atom is 0.338 e. The number of carbonyl (C=O) groups is 1. The molecule has 0 aliphatic carbocycles. The summed E-state index contributed by atoms with van der Waals surface area (Å²) in [5.41, 5.74) is 1.17. The number of carbonyl (C=O) groups excluding carboxylic acids is 1. The van der Waals surface area contributed by atoms with Crippen molar-refractivity contribution in [3.8, 4) is 11.5 Å². The third-order valence-corrected chi connectivity index (χ3v) is 6.55. The number of esters is 1. The van der Waals surface area contributed by atoms with Gasteiger partial charge in [-0.05, 0) is 37.6 Å². The van der Waals surface area contributed by atoms with E-state index in [9.17, 15) is 9.59 Å². The second-order valence-electron chi connectivity index (χ2n) is 7.99. The number of anilines is 1. The summed E-state index contributed by atoms with van der Waals surface area (Å²) in [6.07, 6.45) is 1.69. The Bertz CT molecular complexity index is 1480. The van der Waals surface area contributed by atoms with Gasteiger partial charge in [0.2, 0.25) is 0 Å². The molecule has 0 N–H and O–H groups in total. The van der Waals surface area contributed by atoms with Gasteiger partial charge in [0.05, 0.1) is 42.7 Å². The Labute approximate surface area is 206 Å². The summed E-state index contributed by atoms with van der Waals surface area (Å²) in [5.74, 6) is 1.72. The number of hydrogen-bond acceptors (Lipinski definition) is 9. The molecule has 0 fully saturated rings. The Balaban J connectivity index is 1.94. The van der Waals surface area contributed by atoms with E-state index in [0.29, 0.717) is 49.3 Å². The highest BCUT2D eigenvalue weighted by Gasteiger charge is 2.34. The smallest absolute Gasteiger partial charge is 0.338 e. The molecule has 0 saturated carbocycles. The lowest BCUT2D eigenvalue weighted by Crippen LogP contribution is -2.39. The van der Waals surface area contributed by atoms with Crippen LogP contribution in [-0.4, -0.2) is 45.5 Å². The number of allylic oxidation sites excluding steroid dienone is 1. The topological polar surface area (TPSA) is 95.5 Å². The molecule has 3 aromatic rings. The van der Waals surface area contributed by atoms with Crippen molar-refractivity contribution in [2.75, 3.05) is 39.8 Å². The number of benzene rings is 1. The molecule has 3 heterocycles.